The van der Waals surface area contributed by atoms with Crippen LogP contribution in [0.15, 0.2) is 48.8 Å². The number of hydrogen-bond acceptors (Lipinski definition) is 4. The third-order valence-electron chi connectivity index (χ3n) is 5.09. The molecule has 1 heterocycles. The second-order valence-corrected chi connectivity index (χ2v) is 7.37. The van der Waals surface area contributed by atoms with Crippen LogP contribution in [0.2, 0.25) is 0 Å². The third-order valence-corrected chi connectivity index (χ3v) is 5.09. The fourth-order valence-corrected chi connectivity index (χ4v) is 3.49. The Bertz CT molecular complexity index is 617. The summed E-state index contributed by atoms with van der Waals surface area (Å²) in [5.41, 5.74) is 2.48. The zero-order valence-corrected chi connectivity index (χ0v) is 16.4. The predicted octanol–water partition coefficient (Wildman–Crippen LogP) is 3.18. The van der Waals surface area contributed by atoms with E-state index >= 15 is 0 Å². The van der Waals surface area contributed by atoms with E-state index in [1.807, 2.05) is 18.3 Å². The molecule has 1 aliphatic heterocycles. The minimum absolute atomic E-state index is 0.116. The SMILES string of the molecule is C=CN/C=C(\C)CC1CCN(CCC(=O)NCCc2ccc(O)cc2)CC1. The van der Waals surface area contributed by atoms with Crippen LogP contribution in [0.5, 0.6) is 5.75 Å². The van der Waals surface area contributed by atoms with E-state index in [1.54, 1.807) is 18.3 Å². The highest BCUT2D eigenvalue weighted by atomic mass is 16.3. The van der Waals surface area contributed by atoms with Crippen molar-refractivity contribution in [1.29, 1.82) is 0 Å². The van der Waals surface area contributed by atoms with Crippen molar-refractivity contribution < 1.29 is 9.90 Å². The van der Waals surface area contributed by atoms with Gasteiger partial charge in [0.25, 0.3) is 0 Å². The second-order valence-electron chi connectivity index (χ2n) is 7.37. The normalized spacial score (nSPS) is 16.1. The van der Waals surface area contributed by atoms with Crippen molar-refractivity contribution in [3.05, 3.63) is 54.4 Å². The van der Waals surface area contributed by atoms with Crippen LogP contribution in [-0.4, -0.2) is 42.1 Å². The average molecular weight is 372 g/mol. The van der Waals surface area contributed by atoms with Gasteiger partial charge in [0.15, 0.2) is 0 Å². The number of piperidine rings is 1. The quantitative estimate of drug-likeness (QED) is 0.591. The molecule has 1 aromatic carbocycles. The highest BCUT2D eigenvalue weighted by Gasteiger charge is 2.19. The lowest BCUT2D eigenvalue weighted by molar-refractivity contribution is -0.121. The van der Waals surface area contributed by atoms with Gasteiger partial charge in [0.2, 0.25) is 5.91 Å². The molecule has 3 N–H and O–H groups in total. The van der Waals surface area contributed by atoms with Crippen LogP contribution in [0.3, 0.4) is 0 Å². The largest absolute Gasteiger partial charge is 0.508 e. The van der Waals surface area contributed by atoms with Gasteiger partial charge in [-0.2, -0.15) is 0 Å². The zero-order chi connectivity index (χ0) is 19.5. The van der Waals surface area contributed by atoms with Crippen molar-refractivity contribution >= 4 is 5.91 Å². The fourth-order valence-electron chi connectivity index (χ4n) is 3.49. The van der Waals surface area contributed by atoms with Gasteiger partial charge < -0.3 is 20.6 Å². The third kappa shape index (κ3) is 8.31. The number of nitrogens with zero attached hydrogens (tertiary/aromatic N) is 1. The number of phenolic OH excluding ortho intramolecular Hbond substituents is 1. The number of benzene rings is 1. The molecule has 148 valence electrons. The van der Waals surface area contributed by atoms with Gasteiger partial charge in [-0.1, -0.05) is 24.3 Å². The fraction of sp³-hybridized carbons (Fsp3) is 0.500. The summed E-state index contributed by atoms with van der Waals surface area (Å²) in [5.74, 6) is 1.12. The molecule has 1 aromatic rings. The van der Waals surface area contributed by atoms with Crippen molar-refractivity contribution in [3.63, 3.8) is 0 Å². The molecule has 1 fully saturated rings. The highest BCUT2D eigenvalue weighted by molar-refractivity contribution is 5.76. The van der Waals surface area contributed by atoms with E-state index in [4.69, 9.17) is 0 Å². The Balaban J connectivity index is 1.57. The molecule has 1 aliphatic rings. The molecular weight excluding hydrogens is 338 g/mol. The van der Waals surface area contributed by atoms with Gasteiger partial charge in [-0.05, 0) is 81.7 Å². The van der Waals surface area contributed by atoms with Gasteiger partial charge >= 0.3 is 0 Å². The summed E-state index contributed by atoms with van der Waals surface area (Å²) >= 11 is 0. The average Bonchev–Trinajstić information content (AvgIpc) is 2.67. The molecule has 5 nitrogen and oxygen atoms in total. The van der Waals surface area contributed by atoms with Gasteiger partial charge in [-0.25, -0.2) is 0 Å². The first kappa shape index (κ1) is 21.0. The van der Waals surface area contributed by atoms with Gasteiger partial charge in [0.05, 0.1) is 0 Å². The lowest BCUT2D eigenvalue weighted by Gasteiger charge is -2.32. The first-order valence-corrected chi connectivity index (χ1v) is 9.86. The van der Waals surface area contributed by atoms with Crippen LogP contribution < -0.4 is 10.6 Å². The molecule has 0 aromatic heterocycles. The number of hydrogen-bond donors (Lipinski definition) is 3. The maximum absolute atomic E-state index is 12.0. The van der Waals surface area contributed by atoms with E-state index in [1.165, 1.54) is 18.4 Å². The lowest BCUT2D eigenvalue weighted by Crippen LogP contribution is -2.37. The Labute approximate surface area is 163 Å². The van der Waals surface area contributed by atoms with Gasteiger partial charge in [0.1, 0.15) is 5.75 Å². The first-order valence-electron chi connectivity index (χ1n) is 9.86. The first-order chi connectivity index (χ1) is 13.1. The van der Waals surface area contributed by atoms with Crippen molar-refractivity contribution in [3.8, 4) is 5.75 Å². The van der Waals surface area contributed by atoms with Crippen LogP contribution in [0, 0.1) is 5.92 Å². The van der Waals surface area contributed by atoms with E-state index in [9.17, 15) is 9.90 Å². The lowest BCUT2D eigenvalue weighted by atomic mass is 9.90. The Morgan fingerprint density at radius 2 is 2.00 bits per heavy atom. The van der Waals surface area contributed by atoms with E-state index in [-0.39, 0.29) is 11.7 Å². The maximum atomic E-state index is 12.0. The molecule has 0 radical (unpaired) electrons. The molecule has 0 aliphatic carbocycles. The van der Waals surface area contributed by atoms with Gasteiger partial charge in [0, 0.05) is 19.5 Å². The van der Waals surface area contributed by atoms with Crippen LogP contribution in [0.1, 0.15) is 38.2 Å². The van der Waals surface area contributed by atoms with Gasteiger partial charge in [-0.15, -0.1) is 0 Å². The van der Waals surface area contributed by atoms with Crippen LogP contribution >= 0.6 is 0 Å². The monoisotopic (exact) mass is 371 g/mol. The summed E-state index contributed by atoms with van der Waals surface area (Å²) in [7, 11) is 0. The molecule has 0 saturated carbocycles. The highest BCUT2D eigenvalue weighted by Crippen LogP contribution is 2.23. The summed E-state index contributed by atoms with van der Waals surface area (Å²) in [5, 5.41) is 15.3. The number of likely N-dealkylation sites (tertiary alicyclic amines) is 1. The van der Waals surface area contributed by atoms with Crippen LogP contribution in [-0.2, 0) is 11.2 Å². The minimum Gasteiger partial charge on any atom is -0.508 e. The van der Waals surface area contributed by atoms with Crippen LogP contribution in [0.4, 0.5) is 0 Å². The number of nitrogens with one attached hydrogen (secondary N) is 2. The van der Waals surface area contributed by atoms with E-state index in [0.29, 0.717) is 13.0 Å². The number of carbonyl (C=O) groups is 1. The molecular formula is C22H33N3O2. The van der Waals surface area contributed by atoms with E-state index in [2.05, 4.69) is 29.0 Å². The molecule has 0 bridgehead atoms. The molecule has 27 heavy (non-hydrogen) atoms. The number of allylic oxidation sites excluding steroid dienone is 1. The zero-order valence-electron chi connectivity index (χ0n) is 16.4. The summed E-state index contributed by atoms with van der Waals surface area (Å²) in [6.07, 6.45) is 8.59. The Morgan fingerprint density at radius 3 is 2.67 bits per heavy atom. The molecule has 5 heteroatoms. The standard InChI is InChI=1S/C22H33N3O2/c1-3-23-17-18(2)16-20-9-13-25(14-10-20)15-11-22(27)24-12-8-19-4-6-21(26)7-5-19/h3-7,17,20,23,26H,1,8-16H2,2H3,(H,24,27)/b18-17+. The molecule has 2 rings (SSSR count). The van der Waals surface area contributed by atoms with E-state index in [0.717, 1.165) is 44.0 Å². The summed E-state index contributed by atoms with van der Waals surface area (Å²) in [4.78, 5) is 14.4. The van der Waals surface area contributed by atoms with Crippen LogP contribution in [0.25, 0.3) is 0 Å². The summed E-state index contributed by atoms with van der Waals surface area (Å²) < 4.78 is 0. The molecule has 1 amide bonds. The number of aromatic hydroxyl groups is 1. The summed E-state index contributed by atoms with van der Waals surface area (Å²) in [6, 6.07) is 7.12. The smallest absolute Gasteiger partial charge is 0.221 e. The maximum Gasteiger partial charge on any atom is 0.221 e. The second kappa shape index (κ2) is 11.4. The Morgan fingerprint density at radius 1 is 1.30 bits per heavy atom. The van der Waals surface area contributed by atoms with Crippen molar-refractivity contribution in [2.24, 2.45) is 5.92 Å². The molecule has 1 saturated heterocycles. The van der Waals surface area contributed by atoms with Crippen molar-refractivity contribution in [2.75, 3.05) is 26.2 Å². The minimum atomic E-state index is 0.116. The van der Waals surface area contributed by atoms with Crippen molar-refractivity contribution in [2.45, 2.75) is 39.0 Å². The molecule has 0 atom stereocenters. The number of carbonyl (C=O) groups excluding carboxylic acids is 1. The Hall–Kier alpha value is -2.27. The topological polar surface area (TPSA) is 64.6 Å². The number of rotatable bonds is 10. The van der Waals surface area contributed by atoms with Crippen molar-refractivity contribution in [1.82, 2.24) is 15.5 Å². The Kier molecular flexibility index (Phi) is 8.92. The molecule has 0 unspecified atom stereocenters. The van der Waals surface area contributed by atoms with E-state index < -0.39 is 0 Å². The van der Waals surface area contributed by atoms with Gasteiger partial charge in [-0.3, -0.25) is 4.79 Å². The molecule has 0 spiro atoms. The summed E-state index contributed by atoms with van der Waals surface area (Å²) in [6.45, 7) is 9.44. The number of phenols is 1. The number of amides is 1. The predicted molar refractivity (Wildman–Crippen MR) is 110 cm³/mol.